The Morgan fingerprint density at radius 1 is 1.14 bits per heavy atom. The van der Waals surface area contributed by atoms with Crippen LogP contribution in [0.3, 0.4) is 0 Å². The first kappa shape index (κ1) is 8.73. The van der Waals surface area contributed by atoms with Crippen LogP contribution in [0.1, 0.15) is 38.5 Å². The number of hydrogen-bond acceptors (Lipinski definition) is 2. The molecule has 2 nitrogen and oxygen atoms in total. The van der Waals surface area contributed by atoms with Gasteiger partial charge < -0.3 is 0 Å². The molecule has 14 heavy (non-hydrogen) atoms. The average Bonchev–Trinajstić information content (AvgIpc) is 2.47. The lowest BCUT2D eigenvalue weighted by molar-refractivity contribution is -0.0864. The molecule has 3 rings (SSSR count). The summed E-state index contributed by atoms with van der Waals surface area (Å²) in [6.07, 6.45) is 8.03. The first-order valence-electron chi connectivity index (χ1n) is 5.97. The van der Waals surface area contributed by atoms with Crippen LogP contribution in [0.15, 0.2) is 0 Å². The van der Waals surface area contributed by atoms with Crippen LogP contribution in [0.2, 0.25) is 0 Å². The molecule has 1 spiro atoms. The van der Waals surface area contributed by atoms with Crippen LogP contribution in [0, 0.1) is 22.7 Å². The van der Waals surface area contributed by atoms with E-state index in [1.54, 1.807) is 0 Å². The van der Waals surface area contributed by atoms with E-state index in [-0.39, 0.29) is 0 Å². The van der Waals surface area contributed by atoms with Crippen molar-refractivity contribution in [3.63, 3.8) is 0 Å². The van der Waals surface area contributed by atoms with Gasteiger partial charge in [-0.15, -0.1) is 0 Å². The lowest BCUT2D eigenvalue weighted by Crippen LogP contribution is -2.63. The number of nitrogens with zero attached hydrogens (tertiary/aromatic N) is 2. The summed E-state index contributed by atoms with van der Waals surface area (Å²) in [7, 11) is 0. The van der Waals surface area contributed by atoms with Crippen LogP contribution in [0.5, 0.6) is 0 Å². The second kappa shape index (κ2) is 2.97. The molecular weight excluding hydrogens is 172 g/mol. The molecule has 1 saturated heterocycles. The molecule has 2 unspecified atom stereocenters. The smallest absolute Gasteiger partial charge is 0.0672 e. The third-order valence-electron chi connectivity index (χ3n) is 4.61. The van der Waals surface area contributed by atoms with E-state index in [2.05, 4.69) is 11.0 Å². The normalized spacial score (nSPS) is 40.2. The quantitative estimate of drug-likeness (QED) is 0.633. The van der Waals surface area contributed by atoms with E-state index in [1.165, 1.54) is 45.2 Å². The first-order chi connectivity index (χ1) is 6.83. The summed E-state index contributed by atoms with van der Waals surface area (Å²) in [5.41, 5.74) is 0.725. The Bertz CT molecular complexity index is 267. The molecule has 76 valence electrons. The molecule has 2 heteroatoms. The van der Waals surface area contributed by atoms with Crippen molar-refractivity contribution in [3.05, 3.63) is 0 Å². The summed E-state index contributed by atoms with van der Waals surface area (Å²) >= 11 is 0. The van der Waals surface area contributed by atoms with Crippen molar-refractivity contribution in [1.29, 1.82) is 5.26 Å². The minimum absolute atomic E-state index is 0.340. The Hall–Kier alpha value is -0.550. The zero-order valence-corrected chi connectivity index (χ0v) is 8.71. The molecule has 3 fully saturated rings. The van der Waals surface area contributed by atoms with E-state index < -0.39 is 0 Å². The Kier molecular flexibility index (Phi) is 1.85. The molecule has 0 bridgehead atoms. The van der Waals surface area contributed by atoms with Crippen molar-refractivity contribution in [3.8, 4) is 6.07 Å². The fourth-order valence-electron chi connectivity index (χ4n) is 3.57. The molecule has 1 heterocycles. The number of nitriles is 1. The van der Waals surface area contributed by atoms with Gasteiger partial charge in [-0.25, -0.2) is 0 Å². The molecule has 2 aliphatic carbocycles. The van der Waals surface area contributed by atoms with Gasteiger partial charge in [-0.2, -0.15) is 5.26 Å². The lowest BCUT2D eigenvalue weighted by atomic mass is 9.63. The molecule has 0 amide bonds. The van der Waals surface area contributed by atoms with Gasteiger partial charge in [-0.05, 0) is 31.1 Å². The monoisotopic (exact) mass is 190 g/mol. The summed E-state index contributed by atoms with van der Waals surface area (Å²) < 4.78 is 0. The standard InChI is InChI=1S/C12H18N2/c13-7-10-3-1-4-11(10)14-8-12(9-14)5-2-6-12/h10-11H,1-6,8-9H2. The highest BCUT2D eigenvalue weighted by Gasteiger charge is 2.50. The summed E-state index contributed by atoms with van der Waals surface area (Å²) in [5.74, 6) is 0.340. The van der Waals surface area contributed by atoms with Crippen LogP contribution in [0.25, 0.3) is 0 Å². The summed E-state index contributed by atoms with van der Waals surface area (Å²) in [6, 6.07) is 3.10. The zero-order chi connectivity index (χ0) is 9.60. The molecule has 0 aromatic carbocycles. The van der Waals surface area contributed by atoms with Gasteiger partial charge in [-0.3, -0.25) is 4.90 Å². The van der Waals surface area contributed by atoms with Gasteiger partial charge in [0.1, 0.15) is 0 Å². The SMILES string of the molecule is N#CC1CCCC1N1CC2(CCC2)C1. The van der Waals surface area contributed by atoms with Crippen molar-refractivity contribution >= 4 is 0 Å². The molecule has 1 aliphatic heterocycles. The molecule has 2 saturated carbocycles. The summed E-state index contributed by atoms with van der Waals surface area (Å²) in [5, 5.41) is 9.03. The van der Waals surface area contributed by atoms with Gasteiger partial charge in [0.25, 0.3) is 0 Å². The van der Waals surface area contributed by atoms with E-state index in [1.807, 2.05) is 0 Å². The van der Waals surface area contributed by atoms with Crippen LogP contribution in [-0.2, 0) is 0 Å². The van der Waals surface area contributed by atoms with Crippen LogP contribution >= 0.6 is 0 Å². The van der Waals surface area contributed by atoms with E-state index in [0.717, 1.165) is 11.8 Å². The fraction of sp³-hybridized carbons (Fsp3) is 0.917. The second-order valence-electron chi connectivity index (χ2n) is 5.49. The van der Waals surface area contributed by atoms with Crippen molar-refractivity contribution in [2.45, 2.75) is 44.6 Å². The Morgan fingerprint density at radius 3 is 2.50 bits per heavy atom. The van der Waals surface area contributed by atoms with E-state index in [4.69, 9.17) is 5.26 Å². The Balaban J connectivity index is 1.60. The Morgan fingerprint density at radius 2 is 1.93 bits per heavy atom. The maximum absolute atomic E-state index is 9.03. The van der Waals surface area contributed by atoms with Gasteiger partial charge in [0.2, 0.25) is 0 Å². The molecule has 0 N–H and O–H groups in total. The average molecular weight is 190 g/mol. The van der Waals surface area contributed by atoms with Crippen LogP contribution < -0.4 is 0 Å². The van der Waals surface area contributed by atoms with Crippen molar-refractivity contribution in [2.75, 3.05) is 13.1 Å². The highest BCUT2D eigenvalue weighted by atomic mass is 15.2. The van der Waals surface area contributed by atoms with Crippen molar-refractivity contribution < 1.29 is 0 Å². The first-order valence-corrected chi connectivity index (χ1v) is 5.97. The van der Waals surface area contributed by atoms with Gasteiger partial charge in [0, 0.05) is 19.1 Å². The fourth-order valence-corrected chi connectivity index (χ4v) is 3.57. The number of hydrogen-bond donors (Lipinski definition) is 0. The summed E-state index contributed by atoms with van der Waals surface area (Å²) in [4.78, 5) is 2.58. The predicted molar refractivity (Wildman–Crippen MR) is 54.6 cm³/mol. The summed E-state index contributed by atoms with van der Waals surface area (Å²) in [6.45, 7) is 2.60. The topological polar surface area (TPSA) is 27.0 Å². The molecule has 0 aromatic rings. The van der Waals surface area contributed by atoms with Gasteiger partial charge in [-0.1, -0.05) is 12.8 Å². The van der Waals surface area contributed by atoms with Crippen LogP contribution in [-0.4, -0.2) is 24.0 Å². The minimum atomic E-state index is 0.340. The highest BCUT2D eigenvalue weighted by Crippen LogP contribution is 2.50. The van der Waals surface area contributed by atoms with E-state index >= 15 is 0 Å². The zero-order valence-electron chi connectivity index (χ0n) is 8.71. The maximum atomic E-state index is 9.03. The molecule has 2 atom stereocenters. The molecule has 0 radical (unpaired) electrons. The minimum Gasteiger partial charge on any atom is -0.298 e. The van der Waals surface area contributed by atoms with Gasteiger partial charge in [0.15, 0.2) is 0 Å². The van der Waals surface area contributed by atoms with Crippen molar-refractivity contribution in [1.82, 2.24) is 4.90 Å². The highest BCUT2D eigenvalue weighted by molar-refractivity contribution is 5.07. The number of rotatable bonds is 1. The lowest BCUT2D eigenvalue weighted by Gasteiger charge is -2.58. The van der Waals surface area contributed by atoms with E-state index in [0.29, 0.717) is 12.0 Å². The molecular formula is C12H18N2. The third kappa shape index (κ3) is 1.12. The maximum Gasteiger partial charge on any atom is 0.0672 e. The van der Waals surface area contributed by atoms with Gasteiger partial charge >= 0.3 is 0 Å². The molecule has 3 aliphatic rings. The van der Waals surface area contributed by atoms with E-state index in [9.17, 15) is 0 Å². The van der Waals surface area contributed by atoms with Crippen LogP contribution in [0.4, 0.5) is 0 Å². The van der Waals surface area contributed by atoms with Gasteiger partial charge in [0.05, 0.1) is 12.0 Å². The molecule has 0 aromatic heterocycles. The second-order valence-corrected chi connectivity index (χ2v) is 5.49. The number of likely N-dealkylation sites (tertiary alicyclic amines) is 1. The largest absolute Gasteiger partial charge is 0.298 e. The third-order valence-corrected chi connectivity index (χ3v) is 4.61. The predicted octanol–water partition coefficient (Wildman–Crippen LogP) is 2.16. The Labute approximate surface area is 85.9 Å². The van der Waals surface area contributed by atoms with Crippen molar-refractivity contribution in [2.24, 2.45) is 11.3 Å².